The minimum Gasteiger partial charge on any atom is -0.336 e. The van der Waals surface area contributed by atoms with E-state index in [1.807, 2.05) is 12.1 Å². The van der Waals surface area contributed by atoms with Gasteiger partial charge in [0, 0.05) is 28.1 Å². The lowest BCUT2D eigenvalue weighted by molar-refractivity contribution is 0.455. The van der Waals surface area contributed by atoms with Crippen LogP contribution in [-0.2, 0) is 18.3 Å². The van der Waals surface area contributed by atoms with E-state index < -0.39 is 0 Å². The summed E-state index contributed by atoms with van der Waals surface area (Å²) in [4.78, 5) is 17.9. The maximum atomic E-state index is 12.1. The van der Waals surface area contributed by atoms with Gasteiger partial charge in [0.2, 0.25) is 0 Å². The standard InChI is InChI=1S/C17H15ClN2OS/c1-9-7-17(11-3-2-4-12(18)14(9)11)6-5-10-13(8-17)19-16(22)20-15(10)21/h2-4,7H,5-6,8H2,1H3,(H2,19,20,21,22)/t17-/m1/s1. The van der Waals surface area contributed by atoms with Crippen molar-refractivity contribution in [2.24, 2.45) is 0 Å². The van der Waals surface area contributed by atoms with E-state index in [2.05, 4.69) is 29.0 Å². The topological polar surface area (TPSA) is 48.6 Å². The Balaban J connectivity index is 1.92. The number of halogens is 1. The molecule has 112 valence electrons. The lowest BCUT2D eigenvalue weighted by atomic mass is 9.70. The van der Waals surface area contributed by atoms with Gasteiger partial charge in [-0.05, 0) is 54.7 Å². The minimum absolute atomic E-state index is 0.0568. The SMILES string of the molecule is CC1=C[C@@]2(CCc3c([nH]c(=S)[nH]c3=O)C2)c2cccc(Cl)c21. The highest BCUT2D eigenvalue weighted by molar-refractivity contribution is 7.71. The molecule has 1 aromatic carbocycles. The second-order valence-electron chi connectivity index (χ2n) is 6.19. The quantitative estimate of drug-likeness (QED) is 0.719. The molecule has 0 radical (unpaired) electrons. The molecule has 0 bridgehead atoms. The predicted octanol–water partition coefficient (Wildman–Crippen LogP) is 3.93. The largest absolute Gasteiger partial charge is 0.336 e. The molecule has 2 aromatic rings. The lowest BCUT2D eigenvalue weighted by Crippen LogP contribution is -2.34. The molecule has 3 nitrogen and oxygen atoms in total. The Labute approximate surface area is 138 Å². The van der Waals surface area contributed by atoms with Gasteiger partial charge in [0.1, 0.15) is 0 Å². The second-order valence-corrected chi connectivity index (χ2v) is 7.00. The van der Waals surface area contributed by atoms with Gasteiger partial charge in [-0.2, -0.15) is 0 Å². The Morgan fingerprint density at radius 2 is 2.14 bits per heavy atom. The van der Waals surface area contributed by atoms with Gasteiger partial charge in [0.25, 0.3) is 5.56 Å². The smallest absolute Gasteiger partial charge is 0.255 e. The highest BCUT2D eigenvalue weighted by Gasteiger charge is 2.41. The predicted molar refractivity (Wildman–Crippen MR) is 91.1 cm³/mol. The van der Waals surface area contributed by atoms with Crippen LogP contribution in [0.1, 0.15) is 35.7 Å². The third kappa shape index (κ3) is 1.87. The summed E-state index contributed by atoms with van der Waals surface area (Å²) >= 11 is 11.5. The molecule has 22 heavy (non-hydrogen) atoms. The summed E-state index contributed by atoms with van der Waals surface area (Å²) in [5.74, 6) is 0. The monoisotopic (exact) mass is 330 g/mol. The summed E-state index contributed by atoms with van der Waals surface area (Å²) < 4.78 is 0.394. The number of hydrogen-bond acceptors (Lipinski definition) is 2. The van der Waals surface area contributed by atoms with Gasteiger partial charge in [-0.1, -0.05) is 29.8 Å². The number of hydrogen-bond donors (Lipinski definition) is 2. The van der Waals surface area contributed by atoms with Crippen molar-refractivity contribution < 1.29 is 0 Å². The molecule has 0 unspecified atom stereocenters. The average Bonchev–Trinajstić information content (AvgIpc) is 2.72. The maximum absolute atomic E-state index is 12.1. The van der Waals surface area contributed by atoms with Gasteiger partial charge in [-0.25, -0.2) is 0 Å². The molecule has 2 aliphatic carbocycles. The van der Waals surface area contributed by atoms with Crippen molar-refractivity contribution in [1.29, 1.82) is 0 Å². The van der Waals surface area contributed by atoms with Crippen molar-refractivity contribution in [3.8, 4) is 0 Å². The van der Waals surface area contributed by atoms with E-state index in [0.29, 0.717) is 4.77 Å². The Bertz CT molecular complexity index is 940. The maximum Gasteiger partial charge on any atom is 0.255 e. The zero-order valence-electron chi connectivity index (χ0n) is 12.1. The number of fused-ring (bicyclic) bond motifs is 3. The number of nitrogens with one attached hydrogen (secondary N) is 2. The van der Waals surface area contributed by atoms with Crippen LogP contribution < -0.4 is 5.56 Å². The van der Waals surface area contributed by atoms with Crippen LogP contribution >= 0.6 is 23.8 Å². The number of aromatic amines is 2. The number of allylic oxidation sites excluding steroid dienone is 2. The molecule has 0 aliphatic heterocycles. The summed E-state index contributed by atoms with van der Waals surface area (Å²) in [7, 11) is 0. The van der Waals surface area contributed by atoms with Gasteiger partial charge in [0.15, 0.2) is 4.77 Å². The second kappa shape index (κ2) is 4.67. The molecule has 2 aliphatic rings. The Hall–Kier alpha value is -1.65. The van der Waals surface area contributed by atoms with Gasteiger partial charge >= 0.3 is 0 Å². The minimum atomic E-state index is -0.0800. The van der Waals surface area contributed by atoms with Crippen LogP contribution in [0.2, 0.25) is 5.02 Å². The van der Waals surface area contributed by atoms with Crippen LogP contribution in [0.15, 0.2) is 29.1 Å². The van der Waals surface area contributed by atoms with Crippen molar-refractivity contribution >= 4 is 29.4 Å². The summed E-state index contributed by atoms with van der Waals surface area (Å²) in [6, 6.07) is 6.09. The highest BCUT2D eigenvalue weighted by Crippen LogP contribution is 2.49. The molecule has 0 fully saturated rings. The van der Waals surface area contributed by atoms with E-state index in [9.17, 15) is 4.79 Å². The molecular weight excluding hydrogens is 316 g/mol. The molecule has 4 rings (SSSR count). The van der Waals surface area contributed by atoms with Crippen LogP contribution in [0.4, 0.5) is 0 Å². The van der Waals surface area contributed by atoms with Gasteiger partial charge in [-0.15, -0.1) is 0 Å². The highest BCUT2D eigenvalue weighted by atomic mass is 35.5. The van der Waals surface area contributed by atoms with Crippen molar-refractivity contribution in [3.63, 3.8) is 0 Å². The first-order valence-electron chi connectivity index (χ1n) is 7.33. The summed E-state index contributed by atoms with van der Waals surface area (Å²) in [6.45, 7) is 2.11. The molecule has 0 amide bonds. The van der Waals surface area contributed by atoms with E-state index in [1.165, 1.54) is 11.1 Å². The Morgan fingerprint density at radius 1 is 1.32 bits per heavy atom. The molecule has 1 aromatic heterocycles. The van der Waals surface area contributed by atoms with Gasteiger partial charge < -0.3 is 4.98 Å². The van der Waals surface area contributed by atoms with E-state index in [0.717, 1.165) is 41.1 Å². The number of aromatic nitrogens is 2. The zero-order chi connectivity index (χ0) is 15.5. The first-order valence-corrected chi connectivity index (χ1v) is 8.12. The fourth-order valence-corrected chi connectivity index (χ4v) is 4.52. The summed E-state index contributed by atoms with van der Waals surface area (Å²) in [5.41, 5.74) is 5.28. The van der Waals surface area contributed by atoms with Gasteiger partial charge in [-0.3, -0.25) is 9.78 Å². The number of benzene rings is 1. The molecular formula is C17H15ClN2OS. The van der Waals surface area contributed by atoms with Crippen LogP contribution in [0.25, 0.3) is 5.57 Å². The number of H-pyrrole nitrogens is 2. The zero-order valence-corrected chi connectivity index (χ0v) is 13.7. The third-order valence-electron chi connectivity index (χ3n) is 4.88. The van der Waals surface area contributed by atoms with Crippen LogP contribution in [0.3, 0.4) is 0 Å². The van der Waals surface area contributed by atoms with Crippen molar-refractivity contribution in [3.05, 3.63) is 66.8 Å². The summed E-state index contributed by atoms with van der Waals surface area (Å²) in [6.07, 6.45) is 4.73. The molecule has 5 heteroatoms. The fourth-order valence-electron chi connectivity index (χ4n) is 3.98. The lowest BCUT2D eigenvalue weighted by Gasteiger charge is -2.34. The van der Waals surface area contributed by atoms with E-state index in [-0.39, 0.29) is 11.0 Å². The first-order chi connectivity index (χ1) is 10.5. The van der Waals surface area contributed by atoms with Crippen molar-refractivity contribution in [2.75, 3.05) is 0 Å². The van der Waals surface area contributed by atoms with Crippen molar-refractivity contribution in [1.82, 2.24) is 9.97 Å². The third-order valence-corrected chi connectivity index (χ3v) is 5.40. The van der Waals surface area contributed by atoms with Crippen LogP contribution in [0, 0.1) is 4.77 Å². The van der Waals surface area contributed by atoms with Crippen molar-refractivity contribution in [2.45, 2.75) is 31.6 Å². The summed E-state index contributed by atoms with van der Waals surface area (Å²) in [5, 5.41) is 0.799. The molecule has 2 N–H and O–H groups in total. The first kappa shape index (κ1) is 14.0. The van der Waals surface area contributed by atoms with Crippen LogP contribution in [-0.4, -0.2) is 9.97 Å². The van der Waals surface area contributed by atoms with Gasteiger partial charge in [0.05, 0.1) is 0 Å². The van der Waals surface area contributed by atoms with Crippen LogP contribution in [0.5, 0.6) is 0 Å². The van der Waals surface area contributed by atoms with E-state index >= 15 is 0 Å². The fraction of sp³-hybridized carbons (Fsp3) is 0.294. The average molecular weight is 331 g/mol. The Kier molecular flexibility index (Phi) is 2.97. The molecule has 0 saturated heterocycles. The normalized spacial score (nSPS) is 22.4. The number of rotatable bonds is 0. The molecule has 0 saturated carbocycles. The van der Waals surface area contributed by atoms with E-state index in [4.69, 9.17) is 23.8 Å². The molecule has 1 heterocycles. The molecule has 1 spiro atoms. The van der Waals surface area contributed by atoms with E-state index in [1.54, 1.807) is 0 Å². The molecule has 1 atom stereocenters. The Morgan fingerprint density at radius 3 is 2.95 bits per heavy atom.